The number of fused-ring (bicyclic) bond motifs is 3. The summed E-state index contributed by atoms with van der Waals surface area (Å²) in [6.45, 7) is 0. The van der Waals surface area contributed by atoms with E-state index in [1.807, 2.05) is 0 Å². The first-order valence-electron chi connectivity index (χ1n) is 13.5. The summed E-state index contributed by atoms with van der Waals surface area (Å²) in [4.78, 5) is 2.23. The summed E-state index contributed by atoms with van der Waals surface area (Å²) >= 11 is 0. The van der Waals surface area contributed by atoms with Crippen LogP contribution in [0, 0.1) is 0 Å². The minimum absolute atomic E-state index is 0.209. The van der Waals surface area contributed by atoms with E-state index in [-0.39, 0.29) is 5.92 Å². The Morgan fingerprint density at radius 2 is 0.846 bits per heavy atom. The fourth-order valence-electron chi connectivity index (χ4n) is 5.92. The van der Waals surface area contributed by atoms with Crippen LogP contribution in [-0.2, 0) is 0 Å². The van der Waals surface area contributed by atoms with E-state index in [0.717, 1.165) is 0 Å². The molecule has 0 N–H and O–H groups in total. The van der Waals surface area contributed by atoms with Gasteiger partial charge in [-0.3, -0.25) is 0 Å². The molecule has 1 nitrogen and oxygen atoms in total. The van der Waals surface area contributed by atoms with Gasteiger partial charge in [0.25, 0.3) is 0 Å². The molecule has 1 aliphatic carbocycles. The summed E-state index contributed by atoms with van der Waals surface area (Å²) in [6.07, 6.45) is 0. The molecule has 1 aliphatic rings. The molecule has 0 heterocycles. The zero-order valence-corrected chi connectivity index (χ0v) is 22.0. The van der Waals surface area contributed by atoms with E-state index >= 15 is 0 Å². The summed E-state index contributed by atoms with van der Waals surface area (Å²) in [5.74, 6) is 0.209. The molecule has 186 valence electrons. The van der Waals surface area contributed by atoms with E-state index in [9.17, 15) is 0 Å². The number of nitrogens with zero attached hydrogens (tertiary/aromatic N) is 1. The van der Waals surface area contributed by atoms with Gasteiger partial charge in [0.15, 0.2) is 0 Å². The summed E-state index contributed by atoms with van der Waals surface area (Å²) in [7, 11) is 2.13. The molecule has 0 aliphatic heterocycles. The lowest BCUT2D eigenvalue weighted by Gasteiger charge is -2.21. The highest BCUT2D eigenvalue weighted by Gasteiger charge is 2.30. The van der Waals surface area contributed by atoms with Crippen molar-refractivity contribution in [2.75, 3.05) is 11.9 Å². The fraction of sp³-hybridized carbons (Fsp3) is 0.0526. The van der Waals surface area contributed by atoms with Gasteiger partial charge in [-0.25, -0.2) is 0 Å². The van der Waals surface area contributed by atoms with Crippen LogP contribution >= 0.6 is 0 Å². The largest absolute Gasteiger partial charge is 0.345 e. The minimum atomic E-state index is 0.209. The lowest BCUT2D eigenvalue weighted by atomic mass is 9.88. The van der Waals surface area contributed by atoms with E-state index < -0.39 is 0 Å². The summed E-state index contributed by atoms with van der Waals surface area (Å²) in [5, 5.41) is 0. The van der Waals surface area contributed by atoms with Crippen molar-refractivity contribution in [3.63, 3.8) is 0 Å². The Hall–Kier alpha value is -4.88. The van der Waals surface area contributed by atoms with E-state index in [1.54, 1.807) is 0 Å². The highest BCUT2D eigenvalue weighted by molar-refractivity contribution is 5.87. The smallest absolute Gasteiger partial charge is 0.0408 e. The molecule has 6 aromatic carbocycles. The predicted molar refractivity (Wildman–Crippen MR) is 165 cm³/mol. The maximum absolute atomic E-state index is 2.38. The van der Waals surface area contributed by atoms with Gasteiger partial charge in [-0.05, 0) is 86.5 Å². The molecular formula is C38H29N. The molecule has 0 saturated carbocycles. The van der Waals surface area contributed by atoms with Gasteiger partial charge < -0.3 is 4.90 Å². The number of anilines is 2. The number of rotatable bonds is 5. The van der Waals surface area contributed by atoms with Crippen LogP contribution in [0.5, 0.6) is 0 Å². The zero-order chi connectivity index (χ0) is 26.2. The number of para-hydroxylation sites is 1. The Bertz CT molecular complexity index is 1650. The molecule has 0 fully saturated rings. The first-order chi connectivity index (χ1) is 19.3. The van der Waals surface area contributed by atoms with Gasteiger partial charge in [-0.15, -0.1) is 0 Å². The van der Waals surface area contributed by atoms with Crippen LogP contribution in [0.2, 0.25) is 0 Å². The van der Waals surface area contributed by atoms with Gasteiger partial charge in [-0.2, -0.15) is 0 Å². The summed E-state index contributed by atoms with van der Waals surface area (Å²) in [5.41, 5.74) is 14.1. The Morgan fingerprint density at radius 3 is 1.33 bits per heavy atom. The molecule has 0 spiro atoms. The predicted octanol–water partition coefficient (Wildman–Crippen LogP) is 9.95. The average molecular weight is 500 g/mol. The van der Waals surface area contributed by atoms with Crippen molar-refractivity contribution < 1.29 is 0 Å². The van der Waals surface area contributed by atoms with E-state index in [1.165, 1.54) is 61.4 Å². The molecule has 1 heteroatoms. The third kappa shape index (κ3) is 4.23. The van der Waals surface area contributed by atoms with Gasteiger partial charge >= 0.3 is 0 Å². The van der Waals surface area contributed by atoms with E-state index in [4.69, 9.17) is 0 Å². The van der Waals surface area contributed by atoms with Crippen LogP contribution in [0.15, 0.2) is 152 Å². The summed E-state index contributed by atoms with van der Waals surface area (Å²) in [6, 6.07) is 55.0. The van der Waals surface area contributed by atoms with Crippen molar-refractivity contribution in [2.24, 2.45) is 0 Å². The molecule has 0 radical (unpaired) electrons. The Kier molecular flexibility index (Phi) is 5.83. The molecule has 0 bridgehead atoms. The second-order valence-electron chi connectivity index (χ2n) is 10.3. The monoisotopic (exact) mass is 499 g/mol. The highest BCUT2D eigenvalue weighted by atomic mass is 15.1. The van der Waals surface area contributed by atoms with Crippen LogP contribution in [0.1, 0.15) is 22.6 Å². The molecule has 6 aromatic rings. The molecular weight excluding hydrogens is 470 g/mol. The van der Waals surface area contributed by atoms with Crippen molar-refractivity contribution in [1.82, 2.24) is 0 Å². The Balaban J connectivity index is 1.33. The van der Waals surface area contributed by atoms with Gasteiger partial charge in [0.2, 0.25) is 0 Å². The van der Waals surface area contributed by atoms with Crippen molar-refractivity contribution in [1.29, 1.82) is 0 Å². The Labute approximate surface area is 230 Å². The van der Waals surface area contributed by atoms with Crippen LogP contribution in [0.25, 0.3) is 33.4 Å². The van der Waals surface area contributed by atoms with Crippen molar-refractivity contribution in [3.05, 3.63) is 168 Å². The van der Waals surface area contributed by atoms with Crippen LogP contribution in [-0.4, -0.2) is 7.05 Å². The molecule has 39 heavy (non-hydrogen) atoms. The number of hydrogen-bond acceptors (Lipinski definition) is 1. The topological polar surface area (TPSA) is 3.24 Å². The number of hydrogen-bond donors (Lipinski definition) is 0. The maximum atomic E-state index is 2.38. The van der Waals surface area contributed by atoms with Crippen LogP contribution < -0.4 is 4.90 Å². The molecule has 0 amide bonds. The minimum Gasteiger partial charge on any atom is -0.345 e. The number of benzene rings is 6. The quantitative estimate of drug-likeness (QED) is 0.228. The first-order valence-corrected chi connectivity index (χ1v) is 13.5. The van der Waals surface area contributed by atoms with Crippen molar-refractivity contribution in [2.45, 2.75) is 5.92 Å². The lowest BCUT2D eigenvalue weighted by molar-refractivity contribution is 1.01. The molecule has 0 unspecified atom stereocenters. The lowest BCUT2D eigenvalue weighted by Crippen LogP contribution is -2.09. The normalized spacial score (nSPS) is 12.1. The van der Waals surface area contributed by atoms with E-state index in [2.05, 4.69) is 164 Å². The van der Waals surface area contributed by atoms with Crippen LogP contribution in [0.4, 0.5) is 11.4 Å². The van der Waals surface area contributed by atoms with Gasteiger partial charge in [0, 0.05) is 24.3 Å². The first kappa shape index (κ1) is 23.3. The van der Waals surface area contributed by atoms with Gasteiger partial charge in [-0.1, -0.05) is 115 Å². The van der Waals surface area contributed by atoms with Gasteiger partial charge in [0.1, 0.15) is 0 Å². The maximum Gasteiger partial charge on any atom is 0.0408 e. The third-order valence-electron chi connectivity index (χ3n) is 7.99. The van der Waals surface area contributed by atoms with Gasteiger partial charge in [0.05, 0.1) is 0 Å². The molecule has 7 rings (SSSR count). The van der Waals surface area contributed by atoms with Crippen molar-refractivity contribution in [3.8, 4) is 33.4 Å². The molecule has 0 saturated heterocycles. The third-order valence-corrected chi connectivity index (χ3v) is 7.99. The Morgan fingerprint density at radius 1 is 0.410 bits per heavy atom. The average Bonchev–Trinajstić information content (AvgIpc) is 3.35. The standard InChI is InChI=1S/C38H29N/c1-39(32-15-9-4-10-16-32)33-21-17-29(18-22-33)38-34-23-19-30(27-11-5-2-6-12-27)25-36(34)37-26-31(20-24-35(37)38)28-13-7-3-8-14-28/h2-26,38H,1H3. The SMILES string of the molecule is CN(c1ccccc1)c1ccc(C2c3ccc(-c4ccccc4)cc3-c3cc(-c4ccccc4)ccc32)cc1. The van der Waals surface area contributed by atoms with E-state index in [0.29, 0.717) is 0 Å². The second-order valence-corrected chi connectivity index (χ2v) is 10.3. The van der Waals surface area contributed by atoms with Crippen molar-refractivity contribution >= 4 is 11.4 Å². The fourth-order valence-corrected chi connectivity index (χ4v) is 5.92. The summed E-state index contributed by atoms with van der Waals surface area (Å²) < 4.78 is 0. The highest BCUT2D eigenvalue weighted by Crippen LogP contribution is 2.50. The van der Waals surface area contributed by atoms with Crippen LogP contribution in [0.3, 0.4) is 0 Å². The second kappa shape index (κ2) is 9.78. The zero-order valence-electron chi connectivity index (χ0n) is 22.0. The molecule has 0 atom stereocenters. The molecule has 0 aromatic heterocycles.